The van der Waals surface area contributed by atoms with Gasteiger partial charge in [-0.2, -0.15) is 4.31 Å². The van der Waals surface area contributed by atoms with Crippen LogP contribution in [0.3, 0.4) is 0 Å². The molecule has 0 aliphatic carbocycles. The third-order valence-electron chi connectivity index (χ3n) is 4.79. The molecule has 0 saturated heterocycles. The van der Waals surface area contributed by atoms with Crippen LogP contribution < -0.4 is 5.56 Å². The lowest BCUT2D eigenvalue weighted by Crippen LogP contribution is -2.32. The van der Waals surface area contributed by atoms with Gasteiger partial charge >= 0.3 is 0 Å². The van der Waals surface area contributed by atoms with Gasteiger partial charge in [-0.05, 0) is 19.1 Å². The van der Waals surface area contributed by atoms with E-state index in [0.29, 0.717) is 24.3 Å². The Morgan fingerprint density at radius 3 is 2.46 bits per heavy atom. The summed E-state index contributed by atoms with van der Waals surface area (Å²) in [5.41, 5.74) is 1.64. The molecule has 8 heteroatoms. The third kappa shape index (κ3) is 3.53. The van der Waals surface area contributed by atoms with Crippen molar-refractivity contribution < 1.29 is 13.2 Å². The van der Waals surface area contributed by atoms with Crippen molar-refractivity contribution in [2.45, 2.75) is 32.2 Å². The molecule has 0 unspecified atom stereocenters. The van der Waals surface area contributed by atoms with Gasteiger partial charge in [0.25, 0.3) is 5.56 Å². The van der Waals surface area contributed by atoms with Crippen LogP contribution in [0, 0.1) is 6.92 Å². The molecule has 0 spiro atoms. The first-order valence-corrected chi connectivity index (χ1v) is 10.5. The van der Waals surface area contributed by atoms with Gasteiger partial charge in [-0.3, -0.25) is 9.59 Å². The molecule has 1 aromatic carbocycles. The van der Waals surface area contributed by atoms with Crippen molar-refractivity contribution in [2.24, 2.45) is 0 Å². The zero-order valence-electron chi connectivity index (χ0n) is 16.1. The van der Waals surface area contributed by atoms with Gasteiger partial charge in [-0.25, -0.2) is 8.42 Å². The molecule has 0 aliphatic heterocycles. The molecule has 7 nitrogen and oxygen atoms in total. The number of carbonyl (C=O) groups is 1. The number of hydrogen-bond acceptors (Lipinski definition) is 4. The van der Waals surface area contributed by atoms with Crippen molar-refractivity contribution >= 4 is 26.7 Å². The summed E-state index contributed by atoms with van der Waals surface area (Å²) in [6.07, 6.45) is 1.25. The first-order valence-electron chi connectivity index (χ1n) is 9.10. The number of nitrogens with zero attached hydrogens (tertiary/aromatic N) is 2. The second-order valence-corrected chi connectivity index (χ2v) is 8.45. The number of rotatable bonds is 7. The molecule has 0 bridgehead atoms. The molecule has 3 aromatic rings. The summed E-state index contributed by atoms with van der Waals surface area (Å²) < 4.78 is 27.9. The monoisotopic (exact) mass is 401 g/mol. The van der Waals surface area contributed by atoms with Crippen LogP contribution in [0.4, 0.5) is 0 Å². The summed E-state index contributed by atoms with van der Waals surface area (Å²) in [5.74, 6) is -0.255. The van der Waals surface area contributed by atoms with E-state index < -0.39 is 15.6 Å². The average molecular weight is 401 g/mol. The van der Waals surface area contributed by atoms with Crippen LogP contribution in [-0.4, -0.2) is 41.1 Å². The van der Waals surface area contributed by atoms with E-state index in [4.69, 9.17) is 0 Å². The smallest absolute Gasteiger partial charge is 0.251 e. The highest BCUT2D eigenvalue weighted by Crippen LogP contribution is 2.23. The van der Waals surface area contributed by atoms with Gasteiger partial charge in [-0.1, -0.05) is 32.0 Å². The first-order chi connectivity index (χ1) is 13.3. The van der Waals surface area contributed by atoms with Crippen molar-refractivity contribution in [3.63, 3.8) is 0 Å². The topological polar surface area (TPSA) is 92.2 Å². The Hall–Kier alpha value is -2.71. The normalized spacial score (nSPS) is 12.0. The molecule has 0 aliphatic rings. The Balaban J connectivity index is 2.00. The number of H-pyrrole nitrogens is 1. The summed E-state index contributed by atoms with van der Waals surface area (Å²) >= 11 is 0. The Morgan fingerprint density at radius 1 is 1.11 bits per heavy atom. The fraction of sp³-hybridized carbons (Fsp3) is 0.300. The second kappa shape index (κ2) is 7.73. The van der Waals surface area contributed by atoms with Gasteiger partial charge in [0, 0.05) is 47.5 Å². The highest BCUT2D eigenvalue weighted by atomic mass is 32.2. The summed E-state index contributed by atoms with van der Waals surface area (Å²) in [4.78, 5) is 28.3. The van der Waals surface area contributed by atoms with E-state index in [1.807, 2.05) is 24.3 Å². The molecular weight excluding hydrogens is 378 g/mol. The predicted octanol–water partition coefficient (Wildman–Crippen LogP) is 2.55. The summed E-state index contributed by atoms with van der Waals surface area (Å²) in [7, 11) is -3.72. The number of fused-ring (bicyclic) bond motifs is 1. The highest BCUT2D eigenvalue weighted by Gasteiger charge is 2.23. The minimum Gasteiger partial charge on any atom is -0.358 e. The van der Waals surface area contributed by atoms with E-state index in [2.05, 4.69) is 4.98 Å². The Labute approximate surface area is 163 Å². The fourth-order valence-electron chi connectivity index (χ4n) is 3.37. The van der Waals surface area contributed by atoms with Gasteiger partial charge < -0.3 is 9.55 Å². The Bertz CT molecular complexity index is 1190. The minimum atomic E-state index is -3.72. The molecule has 0 saturated carbocycles. The lowest BCUT2D eigenvalue weighted by molar-refractivity contribution is 0.0971. The maximum absolute atomic E-state index is 12.9. The van der Waals surface area contributed by atoms with Crippen molar-refractivity contribution in [1.29, 1.82) is 0 Å². The summed E-state index contributed by atoms with van der Waals surface area (Å²) in [6.45, 7) is 5.72. The number of benzene rings is 1. The molecule has 0 radical (unpaired) electrons. The van der Waals surface area contributed by atoms with Crippen molar-refractivity contribution in [3.8, 4) is 0 Å². The van der Waals surface area contributed by atoms with Gasteiger partial charge in [0.05, 0.1) is 11.4 Å². The van der Waals surface area contributed by atoms with Crippen LogP contribution >= 0.6 is 0 Å². The number of ketones is 1. The average Bonchev–Trinajstić information content (AvgIpc) is 2.99. The lowest BCUT2D eigenvalue weighted by Gasteiger charge is -2.19. The fourth-order valence-corrected chi connectivity index (χ4v) is 4.85. The first kappa shape index (κ1) is 20.0. The zero-order chi connectivity index (χ0) is 20.5. The van der Waals surface area contributed by atoms with E-state index in [1.54, 1.807) is 20.8 Å². The van der Waals surface area contributed by atoms with Crippen molar-refractivity contribution in [1.82, 2.24) is 13.9 Å². The second-order valence-electron chi connectivity index (χ2n) is 6.51. The number of hydrogen-bond donors (Lipinski definition) is 1. The number of pyridine rings is 1. The summed E-state index contributed by atoms with van der Waals surface area (Å²) in [5, 5.41) is 0.782. The number of aromatic nitrogens is 2. The van der Waals surface area contributed by atoms with E-state index in [0.717, 1.165) is 15.5 Å². The molecule has 1 N–H and O–H groups in total. The molecule has 0 fully saturated rings. The standard InChI is InChI=1S/C20H23N3O4S/c1-4-23(5-2)28(26,27)15-10-11-19(25)22(12-15)13-18(24)20-14(3)21-17-9-7-6-8-16(17)20/h6-12,21H,4-5,13H2,1-3H3. The molecule has 0 amide bonds. The SMILES string of the molecule is CCN(CC)S(=O)(=O)c1ccc(=O)n(CC(=O)c2c(C)[nH]c3ccccc23)c1. The van der Waals surface area contributed by atoms with E-state index in [-0.39, 0.29) is 17.2 Å². The van der Waals surface area contributed by atoms with E-state index >= 15 is 0 Å². The number of para-hydroxylation sites is 1. The molecule has 3 rings (SSSR count). The summed E-state index contributed by atoms with van der Waals surface area (Å²) in [6, 6.07) is 9.91. The van der Waals surface area contributed by atoms with E-state index in [9.17, 15) is 18.0 Å². The number of nitrogens with one attached hydrogen (secondary N) is 1. The quantitative estimate of drug-likeness (QED) is 0.616. The van der Waals surface area contributed by atoms with Gasteiger partial charge in [-0.15, -0.1) is 0 Å². The molecule has 2 aromatic heterocycles. The van der Waals surface area contributed by atoms with Gasteiger partial charge in [0.15, 0.2) is 5.78 Å². The van der Waals surface area contributed by atoms with Crippen LogP contribution in [0.2, 0.25) is 0 Å². The van der Waals surface area contributed by atoms with Gasteiger partial charge in [0.1, 0.15) is 0 Å². The van der Waals surface area contributed by atoms with Crippen LogP contribution in [0.15, 0.2) is 52.3 Å². The molecule has 28 heavy (non-hydrogen) atoms. The van der Waals surface area contributed by atoms with Crippen LogP contribution in [0.1, 0.15) is 29.9 Å². The predicted molar refractivity (Wildman–Crippen MR) is 108 cm³/mol. The number of sulfonamides is 1. The maximum Gasteiger partial charge on any atom is 0.251 e. The minimum absolute atomic E-state index is 0.000696. The van der Waals surface area contributed by atoms with E-state index in [1.165, 1.54) is 22.6 Å². The van der Waals surface area contributed by atoms with Gasteiger partial charge in [0.2, 0.25) is 10.0 Å². The lowest BCUT2D eigenvalue weighted by atomic mass is 10.1. The molecule has 2 heterocycles. The largest absolute Gasteiger partial charge is 0.358 e. The van der Waals surface area contributed by atoms with Crippen molar-refractivity contribution in [2.75, 3.05) is 13.1 Å². The van der Waals surface area contributed by atoms with Crippen LogP contribution in [0.25, 0.3) is 10.9 Å². The number of Topliss-reactive ketones (excluding diaryl/α,β-unsaturated/α-hetero) is 1. The number of aromatic amines is 1. The van der Waals surface area contributed by atoms with Crippen LogP contribution in [0.5, 0.6) is 0 Å². The Morgan fingerprint density at radius 2 is 1.79 bits per heavy atom. The molecule has 0 atom stereocenters. The van der Waals surface area contributed by atoms with Crippen molar-refractivity contribution in [3.05, 3.63) is 64.2 Å². The van der Waals surface area contributed by atoms with Crippen LogP contribution in [-0.2, 0) is 16.6 Å². The third-order valence-corrected chi connectivity index (χ3v) is 6.82. The zero-order valence-corrected chi connectivity index (χ0v) is 16.9. The molecular formula is C20H23N3O4S. The number of carbonyl (C=O) groups excluding carboxylic acids is 1. The molecule has 148 valence electrons. The highest BCUT2D eigenvalue weighted by molar-refractivity contribution is 7.89. The Kier molecular flexibility index (Phi) is 5.53. The number of aryl methyl sites for hydroxylation is 1. The maximum atomic E-state index is 12.9.